The molecule has 1 aromatic carbocycles. The quantitative estimate of drug-likeness (QED) is 0.708. The fourth-order valence-electron chi connectivity index (χ4n) is 1.80. The van der Waals surface area contributed by atoms with Gasteiger partial charge >= 0.3 is 0 Å². The summed E-state index contributed by atoms with van der Waals surface area (Å²) in [5.41, 5.74) is 3.38. The average Bonchev–Trinajstić information content (AvgIpc) is 2.26. The second-order valence-electron chi connectivity index (χ2n) is 3.83. The van der Waals surface area contributed by atoms with Gasteiger partial charge in [0.25, 0.3) is 0 Å². The van der Waals surface area contributed by atoms with Gasteiger partial charge in [-0.15, -0.1) is 11.6 Å². The van der Waals surface area contributed by atoms with Crippen LogP contribution in [0.1, 0.15) is 30.0 Å². The lowest BCUT2D eigenvalue weighted by molar-refractivity contribution is 0.336. The number of alkyl halides is 1. The molecule has 0 atom stereocenters. The SMILES string of the molecule is CCOc1cc(C)c(Cl)c(C)c1CCCCl. The van der Waals surface area contributed by atoms with Crippen LogP contribution in [0.25, 0.3) is 0 Å². The molecule has 0 unspecified atom stereocenters. The number of hydrogen-bond donors (Lipinski definition) is 0. The largest absolute Gasteiger partial charge is 0.494 e. The van der Waals surface area contributed by atoms with Crippen LogP contribution in [0.2, 0.25) is 5.02 Å². The third kappa shape index (κ3) is 3.05. The summed E-state index contributed by atoms with van der Waals surface area (Å²) in [4.78, 5) is 0. The highest BCUT2D eigenvalue weighted by molar-refractivity contribution is 6.32. The van der Waals surface area contributed by atoms with E-state index in [0.717, 1.165) is 34.7 Å². The Morgan fingerprint density at radius 2 is 2.00 bits per heavy atom. The lowest BCUT2D eigenvalue weighted by Gasteiger charge is -2.15. The summed E-state index contributed by atoms with van der Waals surface area (Å²) in [5, 5.41) is 0.841. The third-order valence-electron chi connectivity index (χ3n) is 2.63. The van der Waals surface area contributed by atoms with Crippen molar-refractivity contribution < 1.29 is 4.74 Å². The molecule has 0 radical (unpaired) electrons. The summed E-state index contributed by atoms with van der Waals surface area (Å²) < 4.78 is 5.65. The van der Waals surface area contributed by atoms with Crippen molar-refractivity contribution in [2.45, 2.75) is 33.6 Å². The van der Waals surface area contributed by atoms with Gasteiger partial charge in [0.2, 0.25) is 0 Å². The Labute approximate surface area is 108 Å². The molecule has 1 aromatic rings. The summed E-state index contributed by atoms with van der Waals surface area (Å²) in [6.45, 7) is 6.71. The molecular weight excluding hydrogens is 243 g/mol. The molecule has 16 heavy (non-hydrogen) atoms. The monoisotopic (exact) mass is 260 g/mol. The minimum Gasteiger partial charge on any atom is -0.494 e. The molecule has 0 aliphatic heterocycles. The number of hydrogen-bond acceptors (Lipinski definition) is 1. The highest BCUT2D eigenvalue weighted by Crippen LogP contribution is 2.32. The maximum atomic E-state index is 6.25. The molecule has 0 N–H and O–H groups in total. The second-order valence-corrected chi connectivity index (χ2v) is 4.59. The molecule has 0 aliphatic carbocycles. The maximum Gasteiger partial charge on any atom is 0.123 e. The van der Waals surface area contributed by atoms with E-state index in [2.05, 4.69) is 0 Å². The molecule has 0 aromatic heterocycles. The molecule has 0 bridgehead atoms. The molecule has 0 heterocycles. The van der Waals surface area contributed by atoms with E-state index in [-0.39, 0.29) is 0 Å². The maximum absolute atomic E-state index is 6.25. The predicted octanol–water partition coefficient (Wildman–Crippen LogP) is 4.53. The van der Waals surface area contributed by atoms with Gasteiger partial charge in [0.15, 0.2) is 0 Å². The molecular formula is C13H18Cl2O. The van der Waals surface area contributed by atoms with E-state index in [0.29, 0.717) is 12.5 Å². The van der Waals surface area contributed by atoms with Crippen molar-refractivity contribution in [3.8, 4) is 5.75 Å². The smallest absolute Gasteiger partial charge is 0.123 e. The summed E-state index contributed by atoms with van der Waals surface area (Å²) in [6, 6.07) is 2.02. The van der Waals surface area contributed by atoms with Crippen LogP contribution in [0.5, 0.6) is 5.75 Å². The van der Waals surface area contributed by atoms with Gasteiger partial charge in [-0.25, -0.2) is 0 Å². The Bertz CT molecular complexity index is 361. The van der Waals surface area contributed by atoms with Gasteiger partial charge in [-0.3, -0.25) is 0 Å². The lowest BCUT2D eigenvalue weighted by Crippen LogP contribution is -2.01. The Kier molecular flexibility index (Phi) is 5.43. The van der Waals surface area contributed by atoms with E-state index in [1.165, 1.54) is 5.56 Å². The van der Waals surface area contributed by atoms with Crippen LogP contribution in [-0.2, 0) is 6.42 Å². The Morgan fingerprint density at radius 3 is 2.56 bits per heavy atom. The van der Waals surface area contributed by atoms with Crippen molar-refractivity contribution in [1.82, 2.24) is 0 Å². The molecule has 0 saturated carbocycles. The first-order chi connectivity index (χ1) is 7.61. The summed E-state index contributed by atoms with van der Waals surface area (Å²) in [6.07, 6.45) is 1.87. The molecule has 0 aliphatic rings. The van der Waals surface area contributed by atoms with Crippen molar-refractivity contribution in [2.75, 3.05) is 12.5 Å². The van der Waals surface area contributed by atoms with Crippen LogP contribution in [0.4, 0.5) is 0 Å². The van der Waals surface area contributed by atoms with E-state index in [1.807, 2.05) is 26.8 Å². The molecule has 3 heteroatoms. The van der Waals surface area contributed by atoms with Crippen molar-refractivity contribution in [3.05, 3.63) is 27.8 Å². The zero-order valence-electron chi connectivity index (χ0n) is 10.1. The summed E-state index contributed by atoms with van der Waals surface area (Å²) in [7, 11) is 0. The minimum absolute atomic E-state index is 0.663. The van der Waals surface area contributed by atoms with Crippen LogP contribution in [-0.4, -0.2) is 12.5 Å². The van der Waals surface area contributed by atoms with Crippen LogP contribution in [0.3, 0.4) is 0 Å². The van der Waals surface area contributed by atoms with E-state index in [4.69, 9.17) is 27.9 Å². The minimum atomic E-state index is 0.663. The first-order valence-corrected chi connectivity index (χ1v) is 6.50. The fourth-order valence-corrected chi connectivity index (χ4v) is 2.10. The van der Waals surface area contributed by atoms with Crippen molar-refractivity contribution in [3.63, 3.8) is 0 Å². The zero-order chi connectivity index (χ0) is 12.1. The summed E-state index contributed by atoms with van der Waals surface area (Å²) >= 11 is 12.0. The molecule has 0 saturated heterocycles. The van der Waals surface area contributed by atoms with Crippen LogP contribution in [0.15, 0.2) is 6.07 Å². The van der Waals surface area contributed by atoms with E-state index in [9.17, 15) is 0 Å². The van der Waals surface area contributed by atoms with Crippen LogP contribution >= 0.6 is 23.2 Å². The molecule has 1 nitrogen and oxygen atoms in total. The molecule has 0 amide bonds. The number of halogens is 2. The van der Waals surface area contributed by atoms with E-state index < -0.39 is 0 Å². The summed E-state index contributed by atoms with van der Waals surface area (Å²) in [5.74, 6) is 1.61. The van der Waals surface area contributed by atoms with E-state index >= 15 is 0 Å². The molecule has 0 fully saturated rings. The van der Waals surface area contributed by atoms with Crippen molar-refractivity contribution in [2.24, 2.45) is 0 Å². The van der Waals surface area contributed by atoms with Gasteiger partial charge in [-0.2, -0.15) is 0 Å². The first-order valence-electron chi connectivity index (χ1n) is 5.59. The van der Waals surface area contributed by atoms with Crippen molar-refractivity contribution in [1.29, 1.82) is 0 Å². The van der Waals surface area contributed by atoms with Crippen LogP contribution in [0, 0.1) is 13.8 Å². The molecule has 90 valence electrons. The zero-order valence-corrected chi connectivity index (χ0v) is 11.6. The number of rotatable bonds is 5. The molecule has 0 spiro atoms. The average molecular weight is 261 g/mol. The topological polar surface area (TPSA) is 9.23 Å². The fraction of sp³-hybridized carbons (Fsp3) is 0.538. The van der Waals surface area contributed by atoms with Crippen molar-refractivity contribution >= 4 is 23.2 Å². The van der Waals surface area contributed by atoms with Gasteiger partial charge in [-0.05, 0) is 56.4 Å². The highest BCUT2D eigenvalue weighted by Gasteiger charge is 2.12. The predicted molar refractivity (Wildman–Crippen MR) is 71.1 cm³/mol. The Balaban J connectivity index is 3.13. The number of benzene rings is 1. The second kappa shape index (κ2) is 6.36. The normalized spacial score (nSPS) is 10.6. The first kappa shape index (κ1) is 13.7. The Morgan fingerprint density at radius 1 is 1.31 bits per heavy atom. The van der Waals surface area contributed by atoms with Gasteiger partial charge in [-0.1, -0.05) is 11.6 Å². The van der Waals surface area contributed by atoms with Crippen LogP contribution < -0.4 is 4.74 Å². The number of ether oxygens (including phenoxy) is 1. The van der Waals surface area contributed by atoms with Gasteiger partial charge < -0.3 is 4.74 Å². The standard InChI is InChI=1S/C13H18Cl2O/c1-4-16-12-8-9(2)13(15)10(3)11(12)6-5-7-14/h8H,4-7H2,1-3H3. The third-order valence-corrected chi connectivity index (χ3v) is 3.48. The molecule has 1 rings (SSSR count). The van der Waals surface area contributed by atoms with Gasteiger partial charge in [0.1, 0.15) is 5.75 Å². The number of aryl methyl sites for hydroxylation is 1. The lowest BCUT2D eigenvalue weighted by atomic mass is 10.0. The van der Waals surface area contributed by atoms with Gasteiger partial charge in [0, 0.05) is 10.9 Å². The van der Waals surface area contributed by atoms with Gasteiger partial charge in [0.05, 0.1) is 6.61 Å². The highest BCUT2D eigenvalue weighted by atomic mass is 35.5. The Hall–Kier alpha value is -0.400. The van der Waals surface area contributed by atoms with E-state index in [1.54, 1.807) is 0 Å².